The molecule has 122 valence electrons. The third kappa shape index (κ3) is 5.34. The lowest BCUT2D eigenvalue weighted by atomic mass is 10.2. The zero-order valence-electron chi connectivity index (χ0n) is 13.2. The second-order valence-corrected chi connectivity index (χ2v) is 7.44. The molecule has 0 bridgehead atoms. The zero-order valence-corrected chi connectivity index (χ0v) is 14.7. The second kappa shape index (κ2) is 7.07. The minimum Gasteiger partial charge on any atom is -0.444 e. The summed E-state index contributed by atoms with van der Waals surface area (Å²) in [4.78, 5) is 13.8. The van der Waals surface area contributed by atoms with Crippen molar-refractivity contribution in [3.63, 3.8) is 0 Å². The molecule has 1 N–H and O–H groups in total. The summed E-state index contributed by atoms with van der Waals surface area (Å²) in [6.07, 6.45) is 0.663. The molecular formula is C16H22Cl2N2O2. The molecule has 0 unspecified atom stereocenters. The molecule has 22 heavy (non-hydrogen) atoms. The topological polar surface area (TPSA) is 41.6 Å². The highest BCUT2D eigenvalue weighted by Gasteiger charge is 2.29. The smallest absolute Gasteiger partial charge is 0.410 e. The summed E-state index contributed by atoms with van der Waals surface area (Å²) in [5, 5.41) is 4.69. The van der Waals surface area contributed by atoms with Crippen molar-refractivity contribution in [2.24, 2.45) is 0 Å². The van der Waals surface area contributed by atoms with Gasteiger partial charge in [-0.3, -0.25) is 0 Å². The van der Waals surface area contributed by atoms with E-state index in [0.717, 1.165) is 12.0 Å². The first-order valence-corrected chi connectivity index (χ1v) is 8.15. The van der Waals surface area contributed by atoms with Crippen LogP contribution in [-0.4, -0.2) is 35.7 Å². The maximum absolute atomic E-state index is 12.0. The van der Waals surface area contributed by atoms with Crippen LogP contribution in [0.15, 0.2) is 18.2 Å². The Balaban J connectivity index is 1.82. The molecule has 1 fully saturated rings. The molecule has 1 aliphatic rings. The Labute approximate surface area is 141 Å². The van der Waals surface area contributed by atoms with Crippen LogP contribution >= 0.6 is 23.2 Å². The van der Waals surface area contributed by atoms with Gasteiger partial charge in [0.2, 0.25) is 0 Å². The van der Waals surface area contributed by atoms with Gasteiger partial charge >= 0.3 is 6.09 Å². The van der Waals surface area contributed by atoms with Crippen molar-refractivity contribution in [1.82, 2.24) is 10.2 Å². The number of halogens is 2. The molecule has 6 heteroatoms. The molecule has 1 aromatic rings. The number of ether oxygens (including phenoxy) is 1. The largest absolute Gasteiger partial charge is 0.444 e. The highest BCUT2D eigenvalue weighted by molar-refractivity contribution is 6.34. The molecule has 0 aromatic heterocycles. The summed E-state index contributed by atoms with van der Waals surface area (Å²) in [6, 6.07) is 5.75. The van der Waals surface area contributed by atoms with Gasteiger partial charge in [0.1, 0.15) is 5.60 Å². The Morgan fingerprint density at radius 1 is 1.32 bits per heavy atom. The fourth-order valence-electron chi connectivity index (χ4n) is 2.39. The molecule has 4 nitrogen and oxygen atoms in total. The number of benzene rings is 1. The van der Waals surface area contributed by atoms with E-state index in [0.29, 0.717) is 29.7 Å². The molecule has 1 aromatic carbocycles. The zero-order chi connectivity index (χ0) is 16.3. The summed E-state index contributed by atoms with van der Waals surface area (Å²) >= 11 is 12.0. The van der Waals surface area contributed by atoms with Crippen LogP contribution in [0.4, 0.5) is 4.79 Å². The average molecular weight is 345 g/mol. The van der Waals surface area contributed by atoms with Crippen LogP contribution in [0.3, 0.4) is 0 Å². The molecule has 1 aliphatic heterocycles. The van der Waals surface area contributed by atoms with Crippen molar-refractivity contribution in [3.8, 4) is 0 Å². The predicted octanol–water partition coefficient (Wildman–Crippen LogP) is 4.09. The van der Waals surface area contributed by atoms with Crippen molar-refractivity contribution >= 4 is 29.3 Å². The lowest BCUT2D eigenvalue weighted by molar-refractivity contribution is 0.0291. The van der Waals surface area contributed by atoms with Crippen LogP contribution in [0.2, 0.25) is 10.0 Å². The van der Waals surface area contributed by atoms with E-state index in [1.54, 1.807) is 11.0 Å². The van der Waals surface area contributed by atoms with Gasteiger partial charge < -0.3 is 15.0 Å². The Hall–Kier alpha value is -0.970. The van der Waals surface area contributed by atoms with E-state index < -0.39 is 5.60 Å². The minimum absolute atomic E-state index is 0.248. The van der Waals surface area contributed by atoms with Crippen molar-refractivity contribution in [2.75, 3.05) is 13.1 Å². The normalized spacial score (nSPS) is 18.6. The van der Waals surface area contributed by atoms with Gasteiger partial charge in [-0.15, -0.1) is 0 Å². The first kappa shape index (κ1) is 17.4. The first-order valence-electron chi connectivity index (χ1n) is 7.39. The Kier molecular flexibility index (Phi) is 5.59. The molecule has 1 atom stereocenters. The highest BCUT2D eigenvalue weighted by atomic mass is 35.5. The second-order valence-electron chi connectivity index (χ2n) is 6.57. The van der Waals surface area contributed by atoms with E-state index in [9.17, 15) is 4.79 Å². The molecular weight excluding hydrogens is 323 g/mol. The van der Waals surface area contributed by atoms with Gasteiger partial charge in [0, 0.05) is 35.7 Å². The van der Waals surface area contributed by atoms with E-state index in [-0.39, 0.29) is 12.1 Å². The quantitative estimate of drug-likeness (QED) is 0.897. The SMILES string of the molecule is CC(C)(C)OC(=O)N1CC[C@H](NCc2cc(Cl)cc(Cl)c2)C1. The number of amides is 1. The van der Waals surface area contributed by atoms with Crippen LogP contribution in [-0.2, 0) is 11.3 Å². The van der Waals surface area contributed by atoms with Gasteiger partial charge in [-0.2, -0.15) is 0 Å². The third-order valence-corrected chi connectivity index (χ3v) is 3.79. The summed E-state index contributed by atoms with van der Waals surface area (Å²) in [7, 11) is 0. The molecule has 1 amide bonds. The van der Waals surface area contributed by atoms with Gasteiger partial charge in [0.15, 0.2) is 0 Å². The number of nitrogens with one attached hydrogen (secondary N) is 1. The van der Waals surface area contributed by atoms with Crippen LogP contribution in [0.5, 0.6) is 0 Å². The van der Waals surface area contributed by atoms with Gasteiger partial charge in [-0.25, -0.2) is 4.79 Å². The van der Waals surface area contributed by atoms with E-state index in [1.807, 2.05) is 32.9 Å². The van der Waals surface area contributed by atoms with Gasteiger partial charge in [-0.1, -0.05) is 23.2 Å². The summed E-state index contributed by atoms with van der Waals surface area (Å²) in [5.74, 6) is 0. The molecule has 2 rings (SSSR count). The van der Waals surface area contributed by atoms with Crippen molar-refractivity contribution in [2.45, 2.75) is 45.4 Å². The van der Waals surface area contributed by atoms with Crippen LogP contribution in [0.1, 0.15) is 32.8 Å². The maximum Gasteiger partial charge on any atom is 0.410 e. The van der Waals surface area contributed by atoms with Crippen LogP contribution < -0.4 is 5.32 Å². The van der Waals surface area contributed by atoms with Crippen molar-refractivity contribution in [3.05, 3.63) is 33.8 Å². The number of hydrogen-bond acceptors (Lipinski definition) is 3. The molecule has 1 heterocycles. The van der Waals surface area contributed by atoms with E-state index >= 15 is 0 Å². The minimum atomic E-state index is -0.458. The fourth-order valence-corrected chi connectivity index (χ4v) is 2.97. The van der Waals surface area contributed by atoms with Crippen LogP contribution in [0, 0.1) is 0 Å². The number of carbonyl (C=O) groups is 1. The van der Waals surface area contributed by atoms with E-state index in [2.05, 4.69) is 5.32 Å². The lowest BCUT2D eigenvalue weighted by Gasteiger charge is -2.24. The molecule has 0 saturated carbocycles. The van der Waals surface area contributed by atoms with Crippen LogP contribution in [0.25, 0.3) is 0 Å². The number of nitrogens with zero attached hydrogens (tertiary/aromatic N) is 1. The summed E-state index contributed by atoms with van der Waals surface area (Å²) in [5.41, 5.74) is 0.577. The third-order valence-electron chi connectivity index (χ3n) is 3.36. The predicted molar refractivity (Wildman–Crippen MR) is 89.5 cm³/mol. The standard InChI is InChI=1S/C16H22Cl2N2O2/c1-16(2,3)22-15(21)20-5-4-14(10-20)19-9-11-6-12(17)8-13(18)7-11/h6-8,14,19H,4-5,9-10H2,1-3H3/t14-/m0/s1. The number of carbonyl (C=O) groups excluding carboxylic acids is 1. The maximum atomic E-state index is 12.0. The highest BCUT2D eigenvalue weighted by Crippen LogP contribution is 2.20. The van der Waals surface area contributed by atoms with Crippen molar-refractivity contribution in [1.29, 1.82) is 0 Å². The molecule has 0 aliphatic carbocycles. The molecule has 0 spiro atoms. The summed E-state index contributed by atoms with van der Waals surface area (Å²) < 4.78 is 5.39. The summed E-state index contributed by atoms with van der Waals surface area (Å²) in [6.45, 7) is 7.66. The van der Waals surface area contributed by atoms with Gasteiger partial charge in [0.05, 0.1) is 0 Å². The average Bonchev–Trinajstić information content (AvgIpc) is 2.82. The van der Waals surface area contributed by atoms with E-state index in [1.165, 1.54) is 0 Å². The first-order chi connectivity index (χ1) is 10.2. The number of rotatable bonds is 3. The van der Waals surface area contributed by atoms with Gasteiger partial charge in [-0.05, 0) is 51.0 Å². The monoisotopic (exact) mass is 344 g/mol. The molecule has 0 radical (unpaired) electrons. The molecule has 1 saturated heterocycles. The number of hydrogen-bond donors (Lipinski definition) is 1. The van der Waals surface area contributed by atoms with Gasteiger partial charge in [0.25, 0.3) is 0 Å². The Morgan fingerprint density at radius 3 is 2.55 bits per heavy atom. The fraction of sp³-hybridized carbons (Fsp3) is 0.562. The van der Waals surface area contributed by atoms with E-state index in [4.69, 9.17) is 27.9 Å². The Morgan fingerprint density at radius 2 is 1.95 bits per heavy atom. The van der Waals surface area contributed by atoms with Crippen molar-refractivity contribution < 1.29 is 9.53 Å². The Bertz CT molecular complexity index is 523. The lowest BCUT2D eigenvalue weighted by Crippen LogP contribution is -2.38. The number of likely N-dealkylation sites (tertiary alicyclic amines) is 1.